The van der Waals surface area contributed by atoms with Crippen LogP contribution in [-0.2, 0) is 4.79 Å². The Morgan fingerprint density at radius 3 is 2.50 bits per heavy atom. The highest BCUT2D eigenvalue weighted by Gasteiger charge is 2.19. The van der Waals surface area contributed by atoms with Gasteiger partial charge in [0.2, 0.25) is 5.91 Å². The van der Waals surface area contributed by atoms with E-state index in [4.69, 9.17) is 4.74 Å². The van der Waals surface area contributed by atoms with Crippen LogP contribution < -0.4 is 10.1 Å². The van der Waals surface area contributed by atoms with Crippen LogP contribution in [0.4, 0.5) is 0 Å². The molecule has 2 aromatic carbocycles. The van der Waals surface area contributed by atoms with Crippen molar-refractivity contribution < 1.29 is 9.53 Å². The molecule has 2 aromatic rings. The lowest BCUT2D eigenvalue weighted by Crippen LogP contribution is -2.34. The molecule has 1 amide bonds. The largest absolute Gasteiger partial charge is 0.496 e. The molecule has 0 aliphatic rings. The number of rotatable bonds is 7. The van der Waals surface area contributed by atoms with Crippen LogP contribution in [0.15, 0.2) is 53.4 Å². The summed E-state index contributed by atoms with van der Waals surface area (Å²) in [5.41, 5.74) is 2.19. The van der Waals surface area contributed by atoms with Gasteiger partial charge in [-0.2, -0.15) is 0 Å². The van der Waals surface area contributed by atoms with Crippen molar-refractivity contribution in [1.82, 2.24) is 5.32 Å². The van der Waals surface area contributed by atoms with Gasteiger partial charge in [0.1, 0.15) is 5.75 Å². The first-order valence-corrected chi connectivity index (χ1v) is 9.09. The number of benzene rings is 2. The predicted octanol–water partition coefficient (Wildman–Crippen LogP) is 4.75. The van der Waals surface area contributed by atoms with Crippen molar-refractivity contribution in [3.8, 4) is 5.75 Å². The van der Waals surface area contributed by atoms with Gasteiger partial charge in [0.15, 0.2) is 0 Å². The first-order chi connectivity index (χ1) is 11.5. The molecule has 0 aliphatic carbocycles. The molecule has 1 N–H and O–H groups in total. The van der Waals surface area contributed by atoms with Crippen molar-refractivity contribution in [2.24, 2.45) is 0 Å². The number of thioether (sulfide) groups is 1. The molecule has 0 aromatic heterocycles. The minimum atomic E-state index is -0.138. The molecule has 2 rings (SSSR count). The average Bonchev–Trinajstić information content (AvgIpc) is 2.60. The van der Waals surface area contributed by atoms with Crippen LogP contribution in [0.2, 0.25) is 0 Å². The molecular formula is C20H25NO2S. The van der Waals surface area contributed by atoms with Crippen LogP contribution in [0.3, 0.4) is 0 Å². The number of carbonyl (C=O) groups is 1. The normalized spacial score (nSPS) is 13.2. The van der Waals surface area contributed by atoms with Gasteiger partial charge in [-0.3, -0.25) is 4.79 Å². The summed E-state index contributed by atoms with van der Waals surface area (Å²) < 4.78 is 5.31. The summed E-state index contributed by atoms with van der Waals surface area (Å²) >= 11 is 1.58. The van der Waals surface area contributed by atoms with E-state index in [1.165, 1.54) is 0 Å². The van der Waals surface area contributed by atoms with E-state index in [9.17, 15) is 4.79 Å². The molecule has 0 spiro atoms. The van der Waals surface area contributed by atoms with E-state index < -0.39 is 0 Å². The topological polar surface area (TPSA) is 38.3 Å². The number of methoxy groups -OCH3 is 1. The van der Waals surface area contributed by atoms with Gasteiger partial charge in [-0.1, -0.05) is 37.3 Å². The molecular weight excluding hydrogens is 318 g/mol. The van der Waals surface area contributed by atoms with E-state index in [1.807, 2.05) is 56.3 Å². The quantitative estimate of drug-likeness (QED) is 0.737. The Hall–Kier alpha value is -1.94. The fourth-order valence-electron chi connectivity index (χ4n) is 2.59. The first kappa shape index (κ1) is 18.4. The Bertz CT molecular complexity index is 673. The lowest BCUT2D eigenvalue weighted by molar-refractivity contribution is -0.121. The van der Waals surface area contributed by atoms with Gasteiger partial charge in [-0.25, -0.2) is 0 Å². The lowest BCUT2D eigenvalue weighted by Gasteiger charge is -2.21. The second kappa shape index (κ2) is 8.78. The fourth-order valence-corrected chi connectivity index (χ4v) is 3.48. The summed E-state index contributed by atoms with van der Waals surface area (Å²) in [6, 6.07) is 16.1. The second-order valence-corrected chi connectivity index (χ2v) is 7.19. The number of hydrogen-bond acceptors (Lipinski definition) is 3. The van der Waals surface area contributed by atoms with Gasteiger partial charge in [0.25, 0.3) is 0 Å². The lowest BCUT2D eigenvalue weighted by atomic mass is 10.0. The molecule has 0 saturated carbocycles. The van der Waals surface area contributed by atoms with Crippen molar-refractivity contribution in [3.05, 3.63) is 59.7 Å². The molecule has 0 saturated heterocycles. The third-order valence-corrected chi connectivity index (χ3v) is 5.08. The minimum absolute atomic E-state index is 0.0147. The van der Waals surface area contributed by atoms with E-state index in [-0.39, 0.29) is 17.2 Å². The van der Waals surface area contributed by atoms with E-state index in [0.29, 0.717) is 0 Å². The monoisotopic (exact) mass is 343 g/mol. The van der Waals surface area contributed by atoms with Crippen LogP contribution in [0, 0.1) is 6.92 Å². The average molecular weight is 343 g/mol. The van der Waals surface area contributed by atoms with Crippen LogP contribution in [0.25, 0.3) is 0 Å². The van der Waals surface area contributed by atoms with Crippen molar-refractivity contribution in [2.75, 3.05) is 7.11 Å². The van der Waals surface area contributed by atoms with E-state index in [2.05, 4.69) is 18.3 Å². The minimum Gasteiger partial charge on any atom is -0.496 e. The highest BCUT2D eigenvalue weighted by Crippen LogP contribution is 2.26. The van der Waals surface area contributed by atoms with Crippen molar-refractivity contribution in [1.29, 1.82) is 0 Å². The van der Waals surface area contributed by atoms with Crippen molar-refractivity contribution in [3.63, 3.8) is 0 Å². The van der Waals surface area contributed by atoms with Gasteiger partial charge in [-0.15, -0.1) is 11.8 Å². The summed E-state index contributed by atoms with van der Waals surface area (Å²) in [7, 11) is 1.67. The maximum atomic E-state index is 12.5. The summed E-state index contributed by atoms with van der Waals surface area (Å²) in [5, 5.41) is 3.03. The Labute approximate surface area is 148 Å². The van der Waals surface area contributed by atoms with Gasteiger partial charge in [0.05, 0.1) is 18.4 Å². The third kappa shape index (κ3) is 4.78. The molecule has 0 unspecified atom stereocenters. The number of amides is 1. The highest BCUT2D eigenvalue weighted by atomic mass is 32.2. The Kier molecular flexibility index (Phi) is 6.73. The Morgan fingerprint density at radius 1 is 1.21 bits per heavy atom. The zero-order chi connectivity index (χ0) is 17.5. The maximum absolute atomic E-state index is 12.5. The predicted molar refractivity (Wildman–Crippen MR) is 101 cm³/mol. The molecule has 0 heterocycles. The summed E-state index contributed by atoms with van der Waals surface area (Å²) in [5.74, 6) is 0.928. The molecule has 0 radical (unpaired) electrons. The second-order valence-electron chi connectivity index (χ2n) is 5.77. The van der Waals surface area contributed by atoms with Crippen molar-refractivity contribution >= 4 is 17.7 Å². The molecule has 0 fully saturated rings. The number of hydrogen-bond donors (Lipinski definition) is 1. The molecule has 24 heavy (non-hydrogen) atoms. The zero-order valence-corrected chi connectivity index (χ0v) is 15.5. The third-order valence-electron chi connectivity index (χ3n) is 3.97. The first-order valence-electron chi connectivity index (χ1n) is 8.21. The Balaban J connectivity index is 2.03. The molecule has 3 nitrogen and oxygen atoms in total. The SMILES string of the molecule is CC[C@@H](NC(=O)[C@@H](C)Sc1ccccc1)c1ccc(OC)c(C)c1. The van der Waals surface area contributed by atoms with Gasteiger partial charge < -0.3 is 10.1 Å². The molecule has 0 aliphatic heterocycles. The molecule has 4 heteroatoms. The summed E-state index contributed by atoms with van der Waals surface area (Å²) in [6.07, 6.45) is 0.847. The highest BCUT2D eigenvalue weighted by molar-refractivity contribution is 8.00. The zero-order valence-electron chi connectivity index (χ0n) is 14.7. The summed E-state index contributed by atoms with van der Waals surface area (Å²) in [6.45, 7) is 6.04. The van der Waals surface area contributed by atoms with Crippen LogP contribution >= 0.6 is 11.8 Å². The van der Waals surface area contributed by atoms with Crippen LogP contribution in [0.5, 0.6) is 5.75 Å². The number of ether oxygens (including phenoxy) is 1. The maximum Gasteiger partial charge on any atom is 0.233 e. The molecule has 128 valence electrons. The summed E-state index contributed by atoms with van der Waals surface area (Å²) in [4.78, 5) is 13.6. The smallest absolute Gasteiger partial charge is 0.233 e. The van der Waals surface area contributed by atoms with E-state index in [1.54, 1.807) is 18.9 Å². The van der Waals surface area contributed by atoms with Crippen LogP contribution in [0.1, 0.15) is 37.4 Å². The number of nitrogens with one attached hydrogen (secondary N) is 1. The van der Waals surface area contributed by atoms with Gasteiger partial charge in [0, 0.05) is 4.90 Å². The molecule has 0 bridgehead atoms. The standard InChI is InChI=1S/C20H25NO2S/c1-5-18(16-11-12-19(23-4)14(2)13-16)21-20(22)15(3)24-17-9-7-6-8-10-17/h6-13,15,18H,5H2,1-4H3,(H,21,22)/t15-,18-/m1/s1. The Morgan fingerprint density at radius 2 is 1.92 bits per heavy atom. The van der Waals surface area contributed by atoms with E-state index in [0.717, 1.165) is 28.2 Å². The van der Waals surface area contributed by atoms with E-state index >= 15 is 0 Å². The van der Waals surface area contributed by atoms with Crippen molar-refractivity contribution in [2.45, 2.75) is 43.4 Å². The molecule has 2 atom stereocenters. The van der Waals surface area contributed by atoms with Gasteiger partial charge in [-0.05, 0) is 49.6 Å². The van der Waals surface area contributed by atoms with Crippen LogP contribution in [-0.4, -0.2) is 18.3 Å². The fraction of sp³-hybridized carbons (Fsp3) is 0.350. The van der Waals surface area contributed by atoms with Gasteiger partial charge >= 0.3 is 0 Å². The number of aryl methyl sites for hydroxylation is 1. The number of carbonyl (C=O) groups excluding carboxylic acids is 1.